The summed E-state index contributed by atoms with van der Waals surface area (Å²) in [5.74, 6) is -0.0819. The SMILES string of the molecule is CCC(NC1CC(=O)N(C2CC2)C1=O)c1nccs1. The second-order valence-electron chi connectivity index (χ2n) is 5.09. The molecule has 0 radical (unpaired) electrons. The average molecular weight is 279 g/mol. The highest BCUT2D eigenvalue weighted by molar-refractivity contribution is 7.09. The molecule has 0 bridgehead atoms. The Morgan fingerprint density at radius 1 is 1.53 bits per heavy atom. The van der Waals surface area contributed by atoms with Crippen molar-refractivity contribution in [2.24, 2.45) is 0 Å². The highest BCUT2D eigenvalue weighted by Gasteiger charge is 2.46. The zero-order valence-electron chi connectivity index (χ0n) is 10.8. The van der Waals surface area contributed by atoms with E-state index in [4.69, 9.17) is 0 Å². The first-order chi connectivity index (χ1) is 9.20. The maximum atomic E-state index is 12.2. The van der Waals surface area contributed by atoms with Crippen molar-refractivity contribution in [3.05, 3.63) is 16.6 Å². The van der Waals surface area contributed by atoms with Crippen LogP contribution in [0.3, 0.4) is 0 Å². The number of nitrogens with one attached hydrogen (secondary N) is 1. The van der Waals surface area contributed by atoms with Gasteiger partial charge in [0.25, 0.3) is 0 Å². The number of rotatable bonds is 5. The number of nitrogens with zero attached hydrogens (tertiary/aromatic N) is 2. The van der Waals surface area contributed by atoms with Crippen LogP contribution < -0.4 is 5.32 Å². The summed E-state index contributed by atoms with van der Waals surface area (Å²) in [6.07, 6.45) is 4.84. The summed E-state index contributed by atoms with van der Waals surface area (Å²) in [7, 11) is 0. The fraction of sp³-hybridized carbons (Fsp3) is 0.615. The Morgan fingerprint density at radius 2 is 2.32 bits per heavy atom. The summed E-state index contributed by atoms with van der Waals surface area (Å²) >= 11 is 1.58. The molecule has 2 heterocycles. The molecule has 1 aromatic rings. The molecule has 2 unspecified atom stereocenters. The highest BCUT2D eigenvalue weighted by Crippen LogP contribution is 2.32. The first-order valence-corrected chi connectivity index (χ1v) is 7.60. The fourth-order valence-electron chi connectivity index (χ4n) is 2.51. The van der Waals surface area contributed by atoms with Gasteiger partial charge in [-0.05, 0) is 19.3 Å². The quantitative estimate of drug-likeness (QED) is 0.829. The molecule has 2 aliphatic rings. The zero-order valence-corrected chi connectivity index (χ0v) is 11.7. The number of amides is 2. The predicted molar refractivity (Wildman–Crippen MR) is 71.6 cm³/mol. The first kappa shape index (κ1) is 12.7. The highest BCUT2D eigenvalue weighted by atomic mass is 32.1. The van der Waals surface area contributed by atoms with E-state index in [1.54, 1.807) is 17.5 Å². The van der Waals surface area contributed by atoms with Gasteiger partial charge >= 0.3 is 0 Å². The van der Waals surface area contributed by atoms with Crippen molar-refractivity contribution in [2.75, 3.05) is 0 Å². The van der Waals surface area contributed by atoms with E-state index in [-0.39, 0.29) is 36.4 Å². The van der Waals surface area contributed by atoms with E-state index in [9.17, 15) is 9.59 Å². The number of aromatic nitrogens is 1. The van der Waals surface area contributed by atoms with Crippen molar-refractivity contribution >= 4 is 23.2 Å². The number of hydrogen-bond donors (Lipinski definition) is 1. The largest absolute Gasteiger partial charge is 0.296 e. The molecule has 1 saturated heterocycles. The number of carbonyl (C=O) groups is 2. The van der Waals surface area contributed by atoms with E-state index in [1.807, 2.05) is 5.38 Å². The minimum atomic E-state index is -0.373. The van der Waals surface area contributed by atoms with Crippen LogP contribution in [0.15, 0.2) is 11.6 Å². The summed E-state index contributed by atoms with van der Waals surface area (Å²) in [4.78, 5) is 29.9. The van der Waals surface area contributed by atoms with Gasteiger partial charge < -0.3 is 0 Å². The molecule has 1 aliphatic carbocycles. The van der Waals surface area contributed by atoms with Gasteiger partial charge in [0.15, 0.2) is 0 Å². The number of hydrogen-bond acceptors (Lipinski definition) is 5. The van der Waals surface area contributed by atoms with Crippen LogP contribution in [0.1, 0.15) is 43.7 Å². The maximum absolute atomic E-state index is 12.2. The summed E-state index contributed by atoms with van der Waals surface area (Å²) in [6, 6.07) is -0.144. The van der Waals surface area contributed by atoms with Crippen LogP contribution in [0.25, 0.3) is 0 Å². The molecule has 2 amide bonds. The average Bonchev–Trinajstić information content (AvgIpc) is 2.99. The second-order valence-corrected chi connectivity index (χ2v) is 6.01. The van der Waals surface area contributed by atoms with Crippen LogP contribution in [0.4, 0.5) is 0 Å². The fourth-order valence-corrected chi connectivity index (χ4v) is 3.29. The Balaban J connectivity index is 1.69. The molecule has 6 heteroatoms. The van der Waals surface area contributed by atoms with Crippen molar-refractivity contribution in [3.8, 4) is 0 Å². The lowest BCUT2D eigenvalue weighted by atomic mass is 10.1. The third-order valence-electron chi connectivity index (χ3n) is 3.66. The van der Waals surface area contributed by atoms with E-state index in [1.165, 1.54) is 4.90 Å². The van der Waals surface area contributed by atoms with E-state index < -0.39 is 0 Å². The normalized spacial score (nSPS) is 25.1. The van der Waals surface area contributed by atoms with Gasteiger partial charge in [-0.2, -0.15) is 0 Å². The van der Waals surface area contributed by atoms with Crippen LogP contribution in [-0.2, 0) is 9.59 Å². The lowest BCUT2D eigenvalue weighted by molar-refractivity contribution is -0.139. The Labute approximate surface area is 116 Å². The van der Waals surface area contributed by atoms with Gasteiger partial charge in [-0.3, -0.25) is 19.8 Å². The molecule has 3 rings (SSSR count). The van der Waals surface area contributed by atoms with Gasteiger partial charge in [-0.15, -0.1) is 11.3 Å². The number of likely N-dealkylation sites (tertiary alicyclic amines) is 1. The van der Waals surface area contributed by atoms with Gasteiger partial charge in [0, 0.05) is 17.6 Å². The molecule has 19 heavy (non-hydrogen) atoms. The Kier molecular flexibility index (Phi) is 3.36. The molecule has 5 nitrogen and oxygen atoms in total. The van der Waals surface area contributed by atoms with Crippen LogP contribution in [-0.4, -0.2) is 33.8 Å². The van der Waals surface area contributed by atoms with Gasteiger partial charge in [-0.1, -0.05) is 6.92 Å². The molecule has 1 aromatic heterocycles. The molecular formula is C13H17N3O2S. The van der Waals surface area contributed by atoms with Crippen LogP contribution in [0, 0.1) is 0 Å². The van der Waals surface area contributed by atoms with Crippen LogP contribution in [0.5, 0.6) is 0 Å². The Bertz CT molecular complexity index is 484. The third kappa shape index (κ3) is 2.42. The molecule has 2 atom stereocenters. The van der Waals surface area contributed by atoms with E-state index in [0.717, 1.165) is 24.3 Å². The van der Waals surface area contributed by atoms with Crippen LogP contribution >= 0.6 is 11.3 Å². The number of imide groups is 1. The predicted octanol–water partition coefficient (Wildman–Crippen LogP) is 1.47. The van der Waals surface area contributed by atoms with E-state index >= 15 is 0 Å². The second kappa shape index (κ2) is 5.02. The topological polar surface area (TPSA) is 62.3 Å². The van der Waals surface area contributed by atoms with Gasteiger partial charge in [0.05, 0.1) is 18.5 Å². The minimum Gasteiger partial charge on any atom is -0.296 e. The Morgan fingerprint density at radius 3 is 2.89 bits per heavy atom. The van der Waals surface area contributed by atoms with Crippen molar-refractivity contribution < 1.29 is 9.59 Å². The first-order valence-electron chi connectivity index (χ1n) is 6.72. The van der Waals surface area contributed by atoms with Crippen molar-refractivity contribution in [3.63, 3.8) is 0 Å². The molecule has 0 spiro atoms. The Hall–Kier alpha value is -1.27. The van der Waals surface area contributed by atoms with Gasteiger partial charge in [0.1, 0.15) is 5.01 Å². The molecular weight excluding hydrogens is 262 g/mol. The molecule has 2 fully saturated rings. The molecule has 1 aliphatic heterocycles. The summed E-state index contributed by atoms with van der Waals surface area (Å²) < 4.78 is 0. The standard InChI is InChI=1S/C13H17N3O2S/c1-2-9(12-14-5-6-19-12)15-10-7-11(17)16(13(10)18)8-3-4-8/h5-6,8-10,15H,2-4,7H2,1H3. The maximum Gasteiger partial charge on any atom is 0.247 e. The summed E-state index contributed by atoms with van der Waals surface area (Å²) in [6.45, 7) is 2.05. The zero-order chi connectivity index (χ0) is 13.4. The number of thiazole rings is 1. The van der Waals surface area contributed by atoms with Crippen molar-refractivity contribution in [1.29, 1.82) is 0 Å². The number of carbonyl (C=O) groups excluding carboxylic acids is 2. The van der Waals surface area contributed by atoms with Crippen LogP contribution in [0.2, 0.25) is 0 Å². The molecule has 102 valence electrons. The van der Waals surface area contributed by atoms with E-state index in [2.05, 4.69) is 17.2 Å². The van der Waals surface area contributed by atoms with E-state index in [0.29, 0.717) is 0 Å². The van der Waals surface area contributed by atoms with Gasteiger partial charge in [-0.25, -0.2) is 4.98 Å². The lowest BCUT2D eigenvalue weighted by Crippen LogP contribution is -2.41. The van der Waals surface area contributed by atoms with Crippen molar-refractivity contribution in [1.82, 2.24) is 15.2 Å². The molecule has 1 N–H and O–H groups in total. The lowest BCUT2D eigenvalue weighted by Gasteiger charge is -2.19. The summed E-state index contributed by atoms with van der Waals surface area (Å²) in [5.41, 5.74) is 0. The molecule has 0 aromatic carbocycles. The van der Waals surface area contributed by atoms with Gasteiger partial charge in [0.2, 0.25) is 11.8 Å². The monoisotopic (exact) mass is 279 g/mol. The summed E-state index contributed by atoms with van der Waals surface area (Å²) in [5, 5.41) is 6.20. The smallest absolute Gasteiger partial charge is 0.247 e. The van der Waals surface area contributed by atoms with Crippen molar-refractivity contribution in [2.45, 2.75) is 50.7 Å². The minimum absolute atomic E-state index is 0.0287. The third-order valence-corrected chi connectivity index (χ3v) is 4.54. The molecule has 1 saturated carbocycles.